The van der Waals surface area contributed by atoms with Crippen LogP contribution in [0, 0.1) is 17.0 Å². The highest BCUT2D eigenvalue weighted by Crippen LogP contribution is 2.26. The summed E-state index contributed by atoms with van der Waals surface area (Å²) in [4.78, 5) is 14.6. The van der Waals surface area contributed by atoms with E-state index >= 15 is 0 Å². The zero-order valence-corrected chi connectivity index (χ0v) is 16.6. The fourth-order valence-electron chi connectivity index (χ4n) is 2.57. The predicted octanol–water partition coefficient (Wildman–Crippen LogP) is 3.98. The topological polar surface area (TPSA) is 125 Å². The first-order valence-electron chi connectivity index (χ1n) is 8.51. The first kappa shape index (κ1) is 20.1. The molecular weight excluding hydrogens is 394 g/mol. The van der Waals surface area contributed by atoms with Gasteiger partial charge in [0.1, 0.15) is 23.9 Å². The number of nitrogens with zero attached hydrogens (tertiary/aromatic N) is 3. The molecule has 10 heteroatoms. The van der Waals surface area contributed by atoms with Crippen LogP contribution in [0.1, 0.15) is 16.7 Å². The van der Waals surface area contributed by atoms with Gasteiger partial charge in [-0.15, -0.1) is 11.3 Å². The molecule has 0 radical (unpaired) electrons. The Bertz CT molecular complexity index is 1050. The molecule has 0 saturated heterocycles. The minimum Gasteiger partial charge on any atom is -0.496 e. The fraction of sp³-hybridized carbons (Fsp3) is 0.158. The smallest absolute Gasteiger partial charge is 0.272 e. The summed E-state index contributed by atoms with van der Waals surface area (Å²) in [5, 5.41) is 17.4. The maximum absolute atomic E-state index is 10.9. The number of hydrogen-bond donors (Lipinski definition) is 2. The summed E-state index contributed by atoms with van der Waals surface area (Å²) >= 11 is 1.36. The molecule has 0 aliphatic rings. The second kappa shape index (κ2) is 9.02. The standard InChI is InChI=1S/C19H19N5O4S/c1-12-7-15(4-5-16(12)24(25)26)28-10-14-8-13(3-6-17(14)27-2)9-21-23-19-22-18(20)11-29-19/h3-9,11H,10,20H2,1-2H3,(H,22,23). The van der Waals surface area contributed by atoms with Crippen molar-refractivity contribution in [2.75, 3.05) is 18.3 Å². The van der Waals surface area contributed by atoms with Crippen molar-refractivity contribution in [3.63, 3.8) is 0 Å². The summed E-state index contributed by atoms with van der Waals surface area (Å²) in [6, 6.07) is 10.2. The molecule has 0 aliphatic carbocycles. The van der Waals surface area contributed by atoms with Crippen LogP contribution in [0.4, 0.5) is 16.6 Å². The highest BCUT2D eigenvalue weighted by Gasteiger charge is 2.11. The molecular formula is C19H19N5O4S. The van der Waals surface area contributed by atoms with Gasteiger partial charge in [-0.1, -0.05) is 0 Å². The Balaban J connectivity index is 1.70. The van der Waals surface area contributed by atoms with Gasteiger partial charge in [0.05, 0.1) is 18.2 Å². The van der Waals surface area contributed by atoms with Gasteiger partial charge in [-0.05, 0) is 42.8 Å². The number of aryl methyl sites for hydroxylation is 1. The van der Waals surface area contributed by atoms with Gasteiger partial charge in [0.2, 0.25) is 5.13 Å². The van der Waals surface area contributed by atoms with E-state index in [1.807, 2.05) is 18.2 Å². The van der Waals surface area contributed by atoms with E-state index in [-0.39, 0.29) is 12.3 Å². The number of nitrogens with two attached hydrogens (primary N) is 1. The van der Waals surface area contributed by atoms with Gasteiger partial charge in [-0.3, -0.25) is 15.5 Å². The zero-order chi connectivity index (χ0) is 20.8. The molecule has 2 aromatic carbocycles. The van der Waals surface area contributed by atoms with Crippen molar-refractivity contribution in [2.45, 2.75) is 13.5 Å². The Morgan fingerprint density at radius 1 is 1.34 bits per heavy atom. The van der Waals surface area contributed by atoms with Gasteiger partial charge in [0.15, 0.2) is 0 Å². The quantitative estimate of drug-likeness (QED) is 0.325. The van der Waals surface area contributed by atoms with E-state index in [0.29, 0.717) is 28.0 Å². The highest BCUT2D eigenvalue weighted by atomic mass is 32.1. The molecule has 3 N–H and O–H groups in total. The maximum atomic E-state index is 10.9. The van der Waals surface area contributed by atoms with Gasteiger partial charge in [0, 0.05) is 22.6 Å². The summed E-state index contributed by atoms with van der Waals surface area (Å²) in [5.74, 6) is 1.65. The van der Waals surface area contributed by atoms with Gasteiger partial charge in [-0.2, -0.15) is 5.10 Å². The zero-order valence-electron chi connectivity index (χ0n) is 15.8. The molecule has 3 rings (SSSR count). The number of nitro groups is 1. The first-order valence-corrected chi connectivity index (χ1v) is 9.39. The summed E-state index contributed by atoms with van der Waals surface area (Å²) in [6.07, 6.45) is 1.65. The number of ether oxygens (including phenoxy) is 2. The Morgan fingerprint density at radius 3 is 2.83 bits per heavy atom. The van der Waals surface area contributed by atoms with Crippen LogP contribution in [0.25, 0.3) is 0 Å². The third-order valence-corrected chi connectivity index (χ3v) is 4.72. The van der Waals surface area contributed by atoms with E-state index in [9.17, 15) is 10.1 Å². The van der Waals surface area contributed by atoms with Gasteiger partial charge >= 0.3 is 0 Å². The average molecular weight is 413 g/mol. The number of benzene rings is 2. The van der Waals surface area contributed by atoms with Crippen molar-refractivity contribution in [3.05, 3.63) is 68.6 Å². The summed E-state index contributed by atoms with van der Waals surface area (Å²) in [7, 11) is 1.58. The Hall–Kier alpha value is -3.66. The number of nitro benzene ring substituents is 1. The van der Waals surface area contributed by atoms with Gasteiger partial charge in [-0.25, -0.2) is 4.98 Å². The van der Waals surface area contributed by atoms with Crippen LogP contribution < -0.4 is 20.6 Å². The summed E-state index contributed by atoms with van der Waals surface area (Å²) in [6.45, 7) is 1.91. The maximum Gasteiger partial charge on any atom is 0.272 e. The van der Waals surface area contributed by atoms with Crippen LogP contribution in [-0.2, 0) is 6.61 Å². The predicted molar refractivity (Wildman–Crippen MR) is 113 cm³/mol. The number of hydrogen-bond acceptors (Lipinski definition) is 9. The number of anilines is 2. The summed E-state index contributed by atoms with van der Waals surface area (Å²) < 4.78 is 11.2. The molecule has 29 heavy (non-hydrogen) atoms. The Morgan fingerprint density at radius 2 is 2.17 bits per heavy atom. The molecule has 9 nitrogen and oxygen atoms in total. The minimum atomic E-state index is -0.418. The van der Waals surface area contributed by atoms with E-state index < -0.39 is 4.92 Å². The van der Waals surface area contributed by atoms with E-state index in [1.165, 1.54) is 17.4 Å². The van der Waals surface area contributed by atoms with Crippen LogP contribution in [0.5, 0.6) is 11.5 Å². The molecule has 0 saturated carbocycles. The normalized spacial score (nSPS) is 10.8. The van der Waals surface area contributed by atoms with Crippen LogP contribution in [0.2, 0.25) is 0 Å². The largest absolute Gasteiger partial charge is 0.496 e. The van der Waals surface area contributed by atoms with Crippen LogP contribution in [-0.4, -0.2) is 23.2 Å². The number of nitrogens with one attached hydrogen (secondary N) is 1. The van der Waals surface area contributed by atoms with Crippen LogP contribution in [0.3, 0.4) is 0 Å². The molecule has 0 fully saturated rings. The molecule has 0 amide bonds. The van der Waals surface area contributed by atoms with E-state index in [4.69, 9.17) is 15.2 Å². The Labute approximate surface area is 171 Å². The Kier molecular flexibility index (Phi) is 6.25. The van der Waals surface area contributed by atoms with E-state index in [2.05, 4.69) is 15.5 Å². The lowest BCUT2D eigenvalue weighted by molar-refractivity contribution is -0.385. The lowest BCUT2D eigenvalue weighted by atomic mass is 10.1. The van der Waals surface area contributed by atoms with Gasteiger partial charge in [0.25, 0.3) is 5.69 Å². The molecule has 1 heterocycles. The number of rotatable bonds is 8. The van der Waals surface area contributed by atoms with Crippen molar-refractivity contribution in [1.82, 2.24) is 4.98 Å². The fourth-order valence-corrected chi connectivity index (χ4v) is 3.12. The molecule has 0 atom stereocenters. The number of aromatic nitrogens is 1. The van der Waals surface area contributed by atoms with Crippen molar-refractivity contribution < 1.29 is 14.4 Å². The average Bonchev–Trinajstić information content (AvgIpc) is 3.11. The van der Waals surface area contributed by atoms with Crippen molar-refractivity contribution >= 4 is 34.2 Å². The first-order chi connectivity index (χ1) is 14.0. The number of methoxy groups -OCH3 is 1. The van der Waals surface area contributed by atoms with Crippen molar-refractivity contribution in [2.24, 2.45) is 5.10 Å². The monoisotopic (exact) mass is 413 g/mol. The van der Waals surface area contributed by atoms with Crippen molar-refractivity contribution in [3.8, 4) is 11.5 Å². The molecule has 0 bridgehead atoms. The number of thiazole rings is 1. The molecule has 1 aromatic heterocycles. The second-order valence-electron chi connectivity index (χ2n) is 6.01. The molecule has 0 aliphatic heterocycles. The summed E-state index contributed by atoms with van der Waals surface area (Å²) in [5.41, 5.74) is 10.6. The number of nitrogen functional groups attached to an aromatic ring is 1. The SMILES string of the molecule is COc1ccc(C=NNc2nc(N)cs2)cc1COc1ccc([N+](=O)[O-])c(C)c1. The van der Waals surface area contributed by atoms with Gasteiger partial charge < -0.3 is 15.2 Å². The molecule has 0 spiro atoms. The van der Waals surface area contributed by atoms with E-state index in [0.717, 1.165) is 11.1 Å². The molecule has 0 unspecified atom stereocenters. The minimum absolute atomic E-state index is 0.0580. The lowest BCUT2D eigenvalue weighted by Gasteiger charge is -2.11. The highest BCUT2D eigenvalue weighted by molar-refractivity contribution is 7.14. The number of hydrazone groups is 1. The van der Waals surface area contributed by atoms with Crippen molar-refractivity contribution in [1.29, 1.82) is 0 Å². The third kappa shape index (κ3) is 5.20. The molecule has 150 valence electrons. The third-order valence-electron chi connectivity index (χ3n) is 3.96. The molecule has 3 aromatic rings. The second-order valence-corrected chi connectivity index (χ2v) is 6.87. The van der Waals surface area contributed by atoms with Crippen LogP contribution >= 0.6 is 11.3 Å². The van der Waals surface area contributed by atoms with E-state index in [1.54, 1.807) is 37.8 Å². The lowest BCUT2D eigenvalue weighted by Crippen LogP contribution is -2.01. The van der Waals surface area contributed by atoms with Crippen LogP contribution in [0.15, 0.2) is 46.9 Å².